The Morgan fingerprint density at radius 3 is 2.88 bits per heavy atom. The molecule has 0 bridgehead atoms. The molecule has 1 aromatic heterocycles. The summed E-state index contributed by atoms with van der Waals surface area (Å²) in [6.07, 6.45) is 1.63. The number of anilines is 1. The maximum Gasteiger partial charge on any atom is 0.255 e. The first-order valence-corrected chi connectivity index (χ1v) is 5.26. The number of hydrogen-bond acceptors (Lipinski definition) is 3. The summed E-state index contributed by atoms with van der Waals surface area (Å²) in [4.78, 5) is 16.0. The number of benzene rings is 1. The van der Waals surface area contributed by atoms with E-state index in [4.69, 9.17) is 0 Å². The van der Waals surface area contributed by atoms with Gasteiger partial charge in [-0.15, -0.1) is 0 Å². The normalized spacial score (nSPS) is 14.9. The highest BCUT2D eigenvalue weighted by Crippen LogP contribution is 2.26. The van der Waals surface area contributed by atoms with Crippen LogP contribution in [0.5, 0.6) is 0 Å². The molecule has 0 spiro atoms. The molecule has 2 N–H and O–H groups in total. The van der Waals surface area contributed by atoms with E-state index in [1.165, 1.54) is 0 Å². The van der Waals surface area contributed by atoms with Gasteiger partial charge in [-0.25, -0.2) is 0 Å². The first-order valence-electron chi connectivity index (χ1n) is 5.26. The maximum atomic E-state index is 11.8. The molecule has 16 heavy (non-hydrogen) atoms. The predicted molar refractivity (Wildman–Crippen MR) is 62.6 cm³/mol. The van der Waals surface area contributed by atoms with Gasteiger partial charge in [0.1, 0.15) is 0 Å². The number of nitrogens with zero attached hydrogens (tertiary/aromatic N) is 1. The molecule has 0 aliphatic carbocycles. The Hall–Kier alpha value is -2.10. The molecule has 3 rings (SSSR count). The van der Waals surface area contributed by atoms with E-state index in [-0.39, 0.29) is 5.91 Å². The number of hydrogen-bond donors (Lipinski definition) is 2. The molecular weight excluding hydrogens is 202 g/mol. The fourth-order valence-electron chi connectivity index (χ4n) is 1.96. The van der Waals surface area contributed by atoms with Crippen LogP contribution in [-0.2, 0) is 0 Å². The standard InChI is InChI=1S/C12H11N3O/c16-12-9-7-15-10-4-2-1-3-8(10)11(9)13-5-6-14-12/h1-4,7,13H,5-6H2,(H,14,16). The van der Waals surface area contributed by atoms with Crippen LogP contribution in [0.2, 0.25) is 0 Å². The van der Waals surface area contributed by atoms with Crippen LogP contribution in [0.15, 0.2) is 30.5 Å². The summed E-state index contributed by atoms with van der Waals surface area (Å²) in [5.41, 5.74) is 2.42. The summed E-state index contributed by atoms with van der Waals surface area (Å²) in [6.45, 7) is 1.38. The fraction of sp³-hybridized carbons (Fsp3) is 0.167. The van der Waals surface area contributed by atoms with Gasteiger partial charge in [0.15, 0.2) is 0 Å². The Morgan fingerprint density at radius 2 is 1.94 bits per heavy atom. The second-order valence-corrected chi connectivity index (χ2v) is 3.75. The lowest BCUT2D eigenvalue weighted by Crippen LogP contribution is -2.24. The van der Waals surface area contributed by atoms with Crippen LogP contribution in [0.1, 0.15) is 10.4 Å². The SMILES string of the molecule is O=C1NCCNc2c1cnc1ccccc21. The largest absolute Gasteiger partial charge is 0.382 e. The second-order valence-electron chi connectivity index (χ2n) is 3.75. The van der Waals surface area contributed by atoms with Crippen LogP contribution in [0.4, 0.5) is 5.69 Å². The van der Waals surface area contributed by atoms with Gasteiger partial charge in [-0.3, -0.25) is 9.78 Å². The highest BCUT2D eigenvalue weighted by atomic mass is 16.1. The van der Waals surface area contributed by atoms with E-state index in [1.807, 2.05) is 24.3 Å². The lowest BCUT2D eigenvalue weighted by atomic mass is 10.1. The molecule has 4 nitrogen and oxygen atoms in total. The molecule has 1 aliphatic rings. The number of amides is 1. The Balaban J connectivity index is 2.32. The van der Waals surface area contributed by atoms with Gasteiger partial charge < -0.3 is 10.6 Å². The van der Waals surface area contributed by atoms with Gasteiger partial charge in [-0.2, -0.15) is 0 Å². The zero-order valence-electron chi connectivity index (χ0n) is 8.66. The van der Waals surface area contributed by atoms with E-state index in [9.17, 15) is 4.79 Å². The monoisotopic (exact) mass is 213 g/mol. The Bertz CT molecular complexity index is 565. The molecule has 1 aromatic carbocycles. The Labute approximate surface area is 92.7 Å². The van der Waals surface area contributed by atoms with Crippen LogP contribution in [0.25, 0.3) is 10.9 Å². The molecule has 1 aliphatic heterocycles. The van der Waals surface area contributed by atoms with Crippen LogP contribution in [-0.4, -0.2) is 24.0 Å². The molecule has 0 fully saturated rings. The van der Waals surface area contributed by atoms with Crippen LogP contribution < -0.4 is 10.6 Å². The minimum absolute atomic E-state index is 0.0572. The van der Waals surface area contributed by atoms with Crippen molar-refractivity contribution in [2.45, 2.75) is 0 Å². The molecular formula is C12H11N3O. The van der Waals surface area contributed by atoms with E-state index in [0.29, 0.717) is 12.1 Å². The van der Waals surface area contributed by atoms with Crippen LogP contribution in [0, 0.1) is 0 Å². The average Bonchev–Trinajstić information content (AvgIpc) is 2.52. The summed E-state index contributed by atoms with van der Waals surface area (Å²) in [6, 6.07) is 7.82. The molecule has 80 valence electrons. The third kappa shape index (κ3) is 1.31. The number of para-hydroxylation sites is 1. The topological polar surface area (TPSA) is 54.0 Å². The maximum absolute atomic E-state index is 11.8. The van der Waals surface area contributed by atoms with Gasteiger partial charge in [0.05, 0.1) is 16.8 Å². The van der Waals surface area contributed by atoms with Crippen molar-refractivity contribution in [3.63, 3.8) is 0 Å². The van der Waals surface area contributed by atoms with Crippen molar-refractivity contribution in [1.82, 2.24) is 10.3 Å². The van der Waals surface area contributed by atoms with Gasteiger partial charge >= 0.3 is 0 Å². The fourth-order valence-corrected chi connectivity index (χ4v) is 1.96. The zero-order valence-corrected chi connectivity index (χ0v) is 8.66. The second kappa shape index (κ2) is 3.48. The van der Waals surface area contributed by atoms with Gasteiger partial charge in [0, 0.05) is 24.7 Å². The predicted octanol–water partition coefficient (Wildman–Crippen LogP) is 1.39. The first-order chi connectivity index (χ1) is 7.86. The summed E-state index contributed by atoms with van der Waals surface area (Å²) in [5.74, 6) is -0.0572. The highest BCUT2D eigenvalue weighted by Gasteiger charge is 2.17. The van der Waals surface area contributed by atoms with Crippen molar-refractivity contribution in [1.29, 1.82) is 0 Å². The van der Waals surface area contributed by atoms with E-state index < -0.39 is 0 Å². The Morgan fingerprint density at radius 1 is 1.12 bits per heavy atom. The summed E-state index contributed by atoms with van der Waals surface area (Å²) in [5, 5.41) is 7.10. The van der Waals surface area contributed by atoms with Crippen molar-refractivity contribution in [3.8, 4) is 0 Å². The summed E-state index contributed by atoms with van der Waals surface area (Å²) < 4.78 is 0. The summed E-state index contributed by atoms with van der Waals surface area (Å²) in [7, 11) is 0. The molecule has 0 saturated carbocycles. The van der Waals surface area contributed by atoms with Gasteiger partial charge in [-0.05, 0) is 6.07 Å². The van der Waals surface area contributed by atoms with Gasteiger partial charge in [0.25, 0.3) is 5.91 Å². The van der Waals surface area contributed by atoms with E-state index in [1.54, 1.807) is 6.20 Å². The van der Waals surface area contributed by atoms with Gasteiger partial charge in [0.2, 0.25) is 0 Å². The minimum Gasteiger partial charge on any atom is -0.382 e. The average molecular weight is 213 g/mol. The quantitative estimate of drug-likeness (QED) is 0.695. The van der Waals surface area contributed by atoms with E-state index >= 15 is 0 Å². The van der Waals surface area contributed by atoms with E-state index in [2.05, 4.69) is 15.6 Å². The van der Waals surface area contributed by atoms with Crippen molar-refractivity contribution in [2.75, 3.05) is 18.4 Å². The third-order valence-electron chi connectivity index (χ3n) is 2.73. The Kier molecular flexibility index (Phi) is 1.99. The molecule has 0 saturated heterocycles. The molecule has 0 atom stereocenters. The number of aromatic nitrogens is 1. The van der Waals surface area contributed by atoms with Crippen molar-refractivity contribution < 1.29 is 4.79 Å². The molecule has 2 aromatic rings. The number of nitrogens with one attached hydrogen (secondary N) is 2. The number of pyridine rings is 1. The first kappa shape index (κ1) is 9.15. The number of rotatable bonds is 0. The third-order valence-corrected chi connectivity index (χ3v) is 2.73. The van der Waals surface area contributed by atoms with E-state index in [0.717, 1.165) is 23.1 Å². The molecule has 0 unspecified atom stereocenters. The van der Waals surface area contributed by atoms with Gasteiger partial charge in [-0.1, -0.05) is 18.2 Å². The molecule has 1 amide bonds. The minimum atomic E-state index is -0.0572. The van der Waals surface area contributed by atoms with Crippen molar-refractivity contribution in [3.05, 3.63) is 36.0 Å². The summed E-state index contributed by atoms with van der Waals surface area (Å²) >= 11 is 0. The number of carbonyl (C=O) groups excluding carboxylic acids is 1. The molecule has 2 heterocycles. The highest BCUT2D eigenvalue weighted by molar-refractivity contribution is 6.07. The smallest absolute Gasteiger partial charge is 0.255 e. The molecule has 0 radical (unpaired) electrons. The van der Waals surface area contributed by atoms with Crippen molar-refractivity contribution >= 4 is 22.5 Å². The lowest BCUT2D eigenvalue weighted by molar-refractivity contribution is 0.0958. The number of carbonyl (C=O) groups is 1. The number of fused-ring (bicyclic) bond motifs is 3. The molecule has 4 heteroatoms. The zero-order chi connectivity index (χ0) is 11.0. The van der Waals surface area contributed by atoms with Crippen LogP contribution in [0.3, 0.4) is 0 Å². The lowest BCUT2D eigenvalue weighted by Gasteiger charge is -2.08. The van der Waals surface area contributed by atoms with Crippen molar-refractivity contribution in [2.24, 2.45) is 0 Å². The van der Waals surface area contributed by atoms with Crippen LogP contribution >= 0.6 is 0 Å².